The van der Waals surface area contributed by atoms with Crippen molar-refractivity contribution in [3.63, 3.8) is 0 Å². The molecule has 6 nitrogen and oxygen atoms in total. The van der Waals surface area contributed by atoms with Crippen LogP contribution in [-0.2, 0) is 14.8 Å². The molecule has 0 spiro atoms. The van der Waals surface area contributed by atoms with Crippen LogP contribution in [0.5, 0.6) is 0 Å². The van der Waals surface area contributed by atoms with Gasteiger partial charge in [0.15, 0.2) is 0 Å². The predicted octanol–water partition coefficient (Wildman–Crippen LogP) is 2.79. The van der Waals surface area contributed by atoms with Crippen molar-refractivity contribution in [3.8, 4) is 0 Å². The molecule has 2 aliphatic rings. The van der Waals surface area contributed by atoms with Gasteiger partial charge < -0.3 is 4.90 Å². The summed E-state index contributed by atoms with van der Waals surface area (Å²) in [6, 6.07) is 5.68. The fraction of sp³-hybridized carbons (Fsp3) is 0.682. The topological polar surface area (TPSA) is 60.9 Å². The number of benzene rings is 1. The Morgan fingerprint density at radius 3 is 2.31 bits per heavy atom. The first kappa shape index (κ1) is 22.2. The molecule has 1 aliphatic carbocycles. The number of carbonyl (C=O) groups is 1. The SMILES string of the molecule is Cc1ccc(C)c(S(=O)(=O)N2CCN([C@@H](C)C(=O)N(C)C3CCCCC3)CC2)c1. The number of piperazine rings is 1. The van der Waals surface area contributed by atoms with Gasteiger partial charge in [-0.3, -0.25) is 9.69 Å². The molecule has 1 atom stereocenters. The molecule has 0 bridgehead atoms. The second-order valence-electron chi connectivity index (χ2n) is 8.63. The highest BCUT2D eigenvalue weighted by molar-refractivity contribution is 7.89. The van der Waals surface area contributed by atoms with E-state index in [1.807, 2.05) is 44.9 Å². The molecule has 1 amide bonds. The van der Waals surface area contributed by atoms with Crippen molar-refractivity contribution < 1.29 is 13.2 Å². The summed E-state index contributed by atoms with van der Waals surface area (Å²) in [5, 5.41) is 0. The van der Waals surface area contributed by atoms with Gasteiger partial charge >= 0.3 is 0 Å². The largest absolute Gasteiger partial charge is 0.341 e. The first-order chi connectivity index (χ1) is 13.7. The van der Waals surface area contributed by atoms with Gasteiger partial charge in [0.1, 0.15) is 0 Å². The Kier molecular flexibility index (Phi) is 7.02. The van der Waals surface area contributed by atoms with E-state index >= 15 is 0 Å². The third kappa shape index (κ3) is 4.84. The van der Waals surface area contributed by atoms with Crippen LogP contribution in [-0.4, -0.2) is 73.7 Å². The molecule has 0 N–H and O–H groups in total. The van der Waals surface area contributed by atoms with E-state index in [4.69, 9.17) is 0 Å². The maximum absolute atomic E-state index is 13.1. The Balaban J connectivity index is 1.62. The van der Waals surface area contributed by atoms with Gasteiger partial charge in [-0.2, -0.15) is 4.31 Å². The predicted molar refractivity (Wildman–Crippen MR) is 115 cm³/mol. The van der Waals surface area contributed by atoms with Gasteiger partial charge in [-0.1, -0.05) is 31.4 Å². The molecule has 3 rings (SSSR count). The number of rotatable bonds is 5. The van der Waals surface area contributed by atoms with E-state index in [2.05, 4.69) is 4.90 Å². The van der Waals surface area contributed by atoms with Crippen LogP contribution in [0.1, 0.15) is 50.2 Å². The molecule has 1 saturated carbocycles. The number of sulfonamides is 1. The zero-order valence-corrected chi connectivity index (χ0v) is 19.0. The molecule has 2 fully saturated rings. The van der Waals surface area contributed by atoms with E-state index in [0.717, 1.165) is 24.0 Å². The van der Waals surface area contributed by atoms with Crippen LogP contribution in [0, 0.1) is 13.8 Å². The van der Waals surface area contributed by atoms with Crippen LogP contribution in [0.4, 0.5) is 0 Å². The third-order valence-corrected chi connectivity index (χ3v) is 8.65. The molecule has 7 heteroatoms. The lowest BCUT2D eigenvalue weighted by molar-refractivity contribution is -0.138. The summed E-state index contributed by atoms with van der Waals surface area (Å²) >= 11 is 0. The Morgan fingerprint density at radius 1 is 1.07 bits per heavy atom. The molecule has 1 aromatic rings. The second-order valence-corrected chi connectivity index (χ2v) is 10.5. The summed E-state index contributed by atoms with van der Waals surface area (Å²) in [4.78, 5) is 17.4. The monoisotopic (exact) mass is 421 g/mol. The molecular formula is C22H35N3O3S. The molecule has 0 unspecified atom stereocenters. The van der Waals surface area contributed by atoms with Gasteiger partial charge in [0, 0.05) is 39.3 Å². The van der Waals surface area contributed by atoms with Crippen LogP contribution in [0.2, 0.25) is 0 Å². The maximum Gasteiger partial charge on any atom is 0.243 e. The van der Waals surface area contributed by atoms with E-state index in [9.17, 15) is 13.2 Å². The Bertz CT molecular complexity index is 826. The smallest absolute Gasteiger partial charge is 0.243 e. The highest BCUT2D eigenvalue weighted by Crippen LogP contribution is 2.25. The lowest BCUT2D eigenvalue weighted by Gasteiger charge is -2.40. The van der Waals surface area contributed by atoms with Gasteiger partial charge in [-0.15, -0.1) is 0 Å². The van der Waals surface area contributed by atoms with Crippen molar-refractivity contribution in [3.05, 3.63) is 29.3 Å². The average Bonchev–Trinajstić information content (AvgIpc) is 2.74. The van der Waals surface area contributed by atoms with Gasteiger partial charge in [0.2, 0.25) is 15.9 Å². The van der Waals surface area contributed by atoms with E-state index in [0.29, 0.717) is 37.1 Å². The molecule has 1 saturated heterocycles. The molecule has 29 heavy (non-hydrogen) atoms. The number of aryl methyl sites for hydroxylation is 2. The summed E-state index contributed by atoms with van der Waals surface area (Å²) < 4.78 is 27.8. The molecule has 0 radical (unpaired) electrons. The van der Waals surface area contributed by atoms with Gasteiger partial charge in [0.25, 0.3) is 0 Å². The fourth-order valence-corrected chi connectivity index (χ4v) is 6.29. The second kappa shape index (κ2) is 9.14. The highest BCUT2D eigenvalue weighted by atomic mass is 32.2. The van der Waals surface area contributed by atoms with Crippen LogP contribution in [0.15, 0.2) is 23.1 Å². The normalized spacial score (nSPS) is 21.1. The van der Waals surface area contributed by atoms with Crippen LogP contribution < -0.4 is 0 Å². The molecule has 1 heterocycles. The van der Waals surface area contributed by atoms with Crippen molar-refractivity contribution in [2.24, 2.45) is 0 Å². The summed E-state index contributed by atoms with van der Waals surface area (Å²) in [5.41, 5.74) is 1.72. The number of amides is 1. The first-order valence-electron chi connectivity index (χ1n) is 10.8. The minimum absolute atomic E-state index is 0.155. The number of nitrogens with zero attached hydrogens (tertiary/aromatic N) is 3. The van der Waals surface area contributed by atoms with Gasteiger partial charge in [-0.05, 0) is 50.8 Å². The standard InChI is InChI=1S/C22H35N3O3S/c1-17-10-11-18(2)21(16-17)29(27,28)25-14-12-24(13-15-25)19(3)22(26)23(4)20-8-6-5-7-9-20/h10-11,16,19-20H,5-9,12-15H2,1-4H3/t19-/m0/s1. The van der Waals surface area contributed by atoms with E-state index in [1.165, 1.54) is 19.3 Å². The van der Waals surface area contributed by atoms with Crippen LogP contribution in [0.3, 0.4) is 0 Å². The molecule has 1 aliphatic heterocycles. The molecular weight excluding hydrogens is 386 g/mol. The Hall–Kier alpha value is -1.44. The lowest BCUT2D eigenvalue weighted by Crippen LogP contribution is -2.56. The zero-order valence-electron chi connectivity index (χ0n) is 18.2. The fourth-order valence-electron chi connectivity index (χ4n) is 4.55. The van der Waals surface area contributed by atoms with E-state index < -0.39 is 10.0 Å². The Labute approximate surface area is 175 Å². The third-order valence-electron chi connectivity index (χ3n) is 6.61. The quantitative estimate of drug-likeness (QED) is 0.734. The summed E-state index contributed by atoms with van der Waals surface area (Å²) in [6.07, 6.45) is 5.86. The molecule has 162 valence electrons. The summed E-state index contributed by atoms with van der Waals surface area (Å²) in [6.45, 7) is 7.69. The van der Waals surface area contributed by atoms with Gasteiger partial charge in [0.05, 0.1) is 10.9 Å². The maximum atomic E-state index is 13.1. The molecule has 0 aromatic heterocycles. The molecule has 1 aromatic carbocycles. The Morgan fingerprint density at radius 2 is 1.69 bits per heavy atom. The van der Waals surface area contributed by atoms with E-state index in [1.54, 1.807) is 10.4 Å². The zero-order chi connectivity index (χ0) is 21.2. The summed E-state index contributed by atoms with van der Waals surface area (Å²) in [7, 11) is -1.58. The highest BCUT2D eigenvalue weighted by Gasteiger charge is 2.34. The van der Waals surface area contributed by atoms with Crippen molar-refractivity contribution >= 4 is 15.9 Å². The average molecular weight is 422 g/mol. The van der Waals surface area contributed by atoms with Crippen molar-refractivity contribution in [2.45, 2.75) is 69.9 Å². The number of hydrogen-bond donors (Lipinski definition) is 0. The summed E-state index contributed by atoms with van der Waals surface area (Å²) in [5.74, 6) is 0.155. The lowest BCUT2D eigenvalue weighted by atomic mass is 9.94. The number of carbonyl (C=O) groups excluding carboxylic acids is 1. The van der Waals surface area contributed by atoms with Crippen molar-refractivity contribution in [1.29, 1.82) is 0 Å². The van der Waals surface area contributed by atoms with Crippen molar-refractivity contribution in [1.82, 2.24) is 14.1 Å². The van der Waals surface area contributed by atoms with E-state index in [-0.39, 0.29) is 11.9 Å². The minimum atomic E-state index is -3.51. The number of hydrogen-bond acceptors (Lipinski definition) is 4. The van der Waals surface area contributed by atoms with Crippen molar-refractivity contribution in [2.75, 3.05) is 33.2 Å². The van der Waals surface area contributed by atoms with Crippen LogP contribution >= 0.6 is 0 Å². The van der Waals surface area contributed by atoms with Gasteiger partial charge in [-0.25, -0.2) is 8.42 Å². The first-order valence-corrected chi connectivity index (χ1v) is 12.2. The van der Waals surface area contributed by atoms with Crippen LogP contribution in [0.25, 0.3) is 0 Å². The number of likely N-dealkylation sites (N-methyl/N-ethyl adjacent to an activating group) is 1. The minimum Gasteiger partial charge on any atom is -0.341 e.